The molecule has 0 spiro atoms. The molecule has 0 amide bonds. The van der Waals surface area contributed by atoms with Gasteiger partial charge < -0.3 is 9.67 Å². The van der Waals surface area contributed by atoms with E-state index in [-0.39, 0.29) is 0 Å². The van der Waals surface area contributed by atoms with E-state index in [4.69, 9.17) is 0 Å². The minimum Gasteiger partial charge on any atom is -0.480 e. The van der Waals surface area contributed by atoms with Gasteiger partial charge in [-0.3, -0.25) is 10.1 Å². The molecule has 1 aromatic rings. The van der Waals surface area contributed by atoms with Crippen molar-refractivity contribution in [2.45, 2.75) is 76.4 Å². The van der Waals surface area contributed by atoms with Gasteiger partial charge in [0.05, 0.1) is 12.0 Å². The first-order chi connectivity index (χ1) is 10.1. The van der Waals surface area contributed by atoms with Crippen molar-refractivity contribution in [1.29, 1.82) is 0 Å². The number of nitrogens with zero attached hydrogens (tertiary/aromatic N) is 2. The Morgan fingerprint density at radius 3 is 2.95 bits per heavy atom. The Balaban J connectivity index is 1.57. The van der Waals surface area contributed by atoms with Crippen molar-refractivity contribution < 1.29 is 9.90 Å². The lowest BCUT2D eigenvalue weighted by Crippen LogP contribution is -2.50. The molecule has 5 nitrogen and oxygen atoms in total. The molecule has 1 atom stereocenters. The Hall–Kier alpha value is -1.36. The van der Waals surface area contributed by atoms with E-state index >= 15 is 0 Å². The van der Waals surface area contributed by atoms with E-state index in [1.807, 2.05) is 13.3 Å². The van der Waals surface area contributed by atoms with Gasteiger partial charge in [-0.15, -0.1) is 0 Å². The van der Waals surface area contributed by atoms with Crippen LogP contribution in [0.25, 0.3) is 0 Å². The minimum absolute atomic E-state index is 0.409. The van der Waals surface area contributed by atoms with E-state index in [9.17, 15) is 9.90 Å². The van der Waals surface area contributed by atoms with E-state index in [0.29, 0.717) is 12.5 Å². The fourth-order valence-electron chi connectivity index (χ4n) is 3.25. The van der Waals surface area contributed by atoms with E-state index in [0.717, 1.165) is 38.6 Å². The highest BCUT2D eigenvalue weighted by Crippen LogP contribution is 2.26. The highest BCUT2D eigenvalue weighted by atomic mass is 16.4. The molecule has 2 aliphatic carbocycles. The van der Waals surface area contributed by atoms with E-state index in [1.54, 1.807) is 0 Å². The summed E-state index contributed by atoms with van der Waals surface area (Å²) in [5.74, 6) is -0.734. The van der Waals surface area contributed by atoms with Crippen molar-refractivity contribution in [2.24, 2.45) is 0 Å². The number of aliphatic carboxylic acids is 1. The molecule has 21 heavy (non-hydrogen) atoms. The van der Waals surface area contributed by atoms with Gasteiger partial charge in [0.1, 0.15) is 5.54 Å². The van der Waals surface area contributed by atoms with Gasteiger partial charge in [-0.25, -0.2) is 4.98 Å². The van der Waals surface area contributed by atoms with E-state index in [1.165, 1.54) is 24.2 Å². The molecule has 5 heteroatoms. The standard InChI is InChI=1S/C16H25N3O2/c1-16(15(20)21,18-12-7-8-12)9-4-10-19-11-17-13-5-2-3-6-14(13)19/h11-12,18H,2-10H2,1H3,(H,20,21). The maximum absolute atomic E-state index is 11.5. The Morgan fingerprint density at radius 2 is 2.24 bits per heavy atom. The van der Waals surface area contributed by atoms with E-state index < -0.39 is 11.5 Å². The van der Waals surface area contributed by atoms with Crippen molar-refractivity contribution in [3.05, 3.63) is 17.7 Å². The van der Waals surface area contributed by atoms with Crippen LogP contribution in [0.3, 0.4) is 0 Å². The Labute approximate surface area is 125 Å². The molecule has 0 saturated heterocycles. The zero-order valence-corrected chi connectivity index (χ0v) is 12.8. The molecule has 1 heterocycles. The molecule has 0 bridgehead atoms. The summed E-state index contributed by atoms with van der Waals surface area (Å²) >= 11 is 0. The number of rotatable bonds is 7. The fourth-order valence-corrected chi connectivity index (χ4v) is 3.25. The summed E-state index contributed by atoms with van der Waals surface area (Å²) in [6.07, 6.45) is 10.4. The maximum Gasteiger partial charge on any atom is 0.323 e. The first-order valence-corrected chi connectivity index (χ1v) is 8.12. The number of carbonyl (C=O) groups is 1. The molecular formula is C16H25N3O2. The molecular weight excluding hydrogens is 266 g/mol. The van der Waals surface area contributed by atoms with Crippen molar-refractivity contribution in [3.8, 4) is 0 Å². The van der Waals surface area contributed by atoms with Crippen molar-refractivity contribution in [3.63, 3.8) is 0 Å². The third kappa shape index (κ3) is 3.28. The second-order valence-corrected chi connectivity index (χ2v) is 6.70. The van der Waals surface area contributed by atoms with Crippen LogP contribution in [-0.2, 0) is 24.2 Å². The zero-order valence-electron chi connectivity index (χ0n) is 12.8. The lowest BCUT2D eigenvalue weighted by Gasteiger charge is -2.26. The minimum atomic E-state index is -0.790. The molecule has 2 aliphatic rings. The average molecular weight is 291 g/mol. The van der Waals surface area contributed by atoms with Gasteiger partial charge in [0.15, 0.2) is 0 Å². The molecule has 1 fully saturated rings. The van der Waals surface area contributed by atoms with Crippen LogP contribution >= 0.6 is 0 Å². The molecule has 2 N–H and O–H groups in total. The van der Waals surface area contributed by atoms with Gasteiger partial charge in [0.25, 0.3) is 0 Å². The topological polar surface area (TPSA) is 67.2 Å². The highest BCUT2D eigenvalue weighted by molar-refractivity contribution is 5.78. The van der Waals surface area contributed by atoms with Gasteiger partial charge >= 0.3 is 5.97 Å². The van der Waals surface area contributed by atoms with Crippen molar-refractivity contribution in [2.75, 3.05) is 0 Å². The molecule has 1 aromatic heterocycles. The van der Waals surface area contributed by atoms with Gasteiger partial charge in [-0.2, -0.15) is 0 Å². The second kappa shape index (κ2) is 5.79. The second-order valence-electron chi connectivity index (χ2n) is 6.70. The highest BCUT2D eigenvalue weighted by Gasteiger charge is 2.37. The number of imidazole rings is 1. The van der Waals surface area contributed by atoms with Crippen LogP contribution < -0.4 is 5.32 Å². The summed E-state index contributed by atoms with van der Waals surface area (Å²) in [4.78, 5) is 16.0. The predicted octanol–water partition coefficient (Wildman–Crippen LogP) is 2.14. The van der Waals surface area contributed by atoms with E-state index in [2.05, 4.69) is 14.9 Å². The number of aromatic nitrogens is 2. The quantitative estimate of drug-likeness (QED) is 0.807. The number of hydrogen-bond donors (Lipinski definition) is 2. The van der Waals surface area contributed by atoms with Crippen molar-refractivity contribution >= 4 is 5.97 Å². The lowest BCUT2D eigenvalue weighted by molar-refractivity contribution is -0.144. The number of nitrogens with one attached hydrogen (secondary N) is 1. The summed E-state index contributed by atoms with van der Waals surface area (Å²) in [7, 11) is 0. The maximum atomic E-state index is 11.5. The summed E-state index contributed by atoms with van der Waals surface area (Å²) in [5, 5.41) is 12.8. The third-order valence-corrected chi connectivity index (χ3v) is 4.76. The lowest BCUT2D eigenvalue weighted by atomic mass is 9.95. The predicted molar refractivity (Wildman–Crippen MR) is 80.3 cm³/mol. The van der Waals surface area contributed by atoms with Gasteiger partial charge in [0, 0.05) is 18.3 Å². The summed E-state index contributed by atoms with van der Waals surface area (Å²) < 4.78 is 2.23. The Morgan fingerprint density at radius 1 is 1.48 bits per heavy atom. The molecule has 0 radical (unpaired) electrons. The van der Waals surface area contributed by atoms with Crippen LogP contribution in [0.2, 0.25) is 0 Å². The number of hydrogen-bond acceptors (Lipinski definition) is 3. The third-order valence-electron chi connectivity index (χ3n) is 4.76. The molecule has 1 unspecified atom stereocenters. The first kappa shape index (κ1) is 14.6. The normalized spacial score (nSPS) is 20.8. The van der Waals surface area contributed by atoms with Gasteiger partial charge in [0.2, 0.25) is 0 Å². The van der Waals surface area contributed by atoms with Crippen molar-refractivity contribution in [1.82, 2.24) is 14.9 Å². The van der Waals surface area contributed by atoms with Crippen LogP contribution in [-0.4, -0.2) is 32.2 Å². The SMILES string of the molecule is CC(CCCn1cnc2c1CCCC2)(NC1CC1)C(=O)O. The monoisotopic (exact) mass is 291 g/mol. The summed E-state index contributed by atoms with van der Waals surface area (Å²) in [5.41, 5.74) is 1.83. The largest absolute Gasteiger partial charge is 0.480 e. The Kier molecular flexibility index (Phi) is 4.02. The zero-order chi connectivity index (χ0) is 14.9. The first-order valence-electron chi connectivity index (χ1n) is 8.12. The molecule has 3 rings (SSSR count). The van der Waals surface area contributed by atoms with Crippen LogP contribution in [0.4, 0.5) is 0 Å². The summed E-state index contributed by atoms with van der Waals surface area (Å²) in [6.45, 7) is 2.69. The van der Waals surface area contributed by atoms with Gasteiger partial charge in [-0.1, -0.05) is 0 Å². The smallest absolute Gasteiger partial charge is 0.323 e. The summed E-state index contributed by atoms with van der Waals surface area (Å²) in [6, 6.07) is 0.409. The van der Waals surface area contributed by atoms with Crippen LogP contribution in [0.15, 0.2) is 6.33 Å². The Bertz CT molecular complexity index is 522. The average Bonchev–Trinajstić information content (AvgIpc) is 3.17. The number of aryl methyl sites for hydroxylation is 2. The molecule has 0 aromatic carbocycles. The molecule has 116 valence electrons. The fraction of sp³-hybridized carbons (Fsp3) is 0.750. The van der Waals surface area contributed by atoms with Crippen LogP contribution in [0, 0.1) is 0 Å². The number of carboxylic acids is 1. The van der Waals surface area contributed by atoms with Gasteiger partial charge in [-0.05, 0) is 58.3 Å². The van der Waals surface area contributed by atoms with Crippen LogP contribution in [0.1, 0.15) is 56.8 Å². The number of fused-ring (bicyclic) bond motifs is 1. The number of carboxylic acid groups (broad SMARTS) is 1. The molecule has 0 aliphatic heterocycles. The van der Waals surface area contributed by atoms with Crippen LogP contribution in [0.5, 0.6) is 0 Å². The molecule has 1 saturated carbocycles.